The zero-order valence-corrected chi connectivity index (χ0v) is 9.13. The van der Waals surface area contributed by atoms with Gasteiger partial charge in [0, 0.05) is 0 Å². The minimum atomic E-state index is 0. The highest BCUT2D eigenvalue weighted by molar-refractivity contribution is 5.15. The van der Waals surface area contributed by atoms with E-state index in [1.807, 2.05) is 20.2 Å². The Bertz CT molecular complexity index is 184. The van der Waals surface area contributed by atoms with Gasteiger partial charge < -0.3 is 26.6 Å². The summed E-state index contributed by atoms with van der Waals surface area (Å²) < 4.78 is 0.614. The van der Waals surface area contributed by atoms with Crippen molar-refractivity contribution in [2.75, 3.05) is 33.8 Å². The minimum Gasteiger partial charge on any atom is -1.00 e. The Kier molecular flexibility index (Phi) is 7.30. The van der Waals surface area contributed by atoms with Gasteiger partial charge in [-0.2, -0.15) is 5.26 Å². The first-order valence-corrected chi connectivity index (χ1v) is 3.52. The number of nitrogens with zero attached hydrogens (tertiary/aromatic N) is 2. The number of nitriles is 1. The molecule has 0 aromatic carbocycles. The van der Waals surface area contributed by atoms with Gasteiger partial charge in [0.15, 0.2) is 0 Å². The van der Waals surface area contributed by atoms with Gasteiger partial charge in [-0.3, -0.25) is 0 Å². The monoisotopic (exact) mass is 234 g/mol. The predicted octanol–water partition coefficient (Wildman–Crippen LogP) is -2.86. The first-order chi connectivity index (χ1) is 5.02. The second-order valence-electron chi connectivity index (χ2n) is 3.26. The molecule has 0 fully saturated rings. The largest absolute Gasteiger partial charge is 1.00 e. The molecule has 0 saturated carbocycles. The first kappa shape index (κ1) is 14.2. The number of hydrogen-bond acceptors (Lipinski definition) is 2. The van der Waals surface area contributed by atoms with E-state index in [-0.39, 0.29) is 23.6 Å². The molecule has 0 rings (SSSR count). The first-order valence-electron chi connectivity index (χ1n) is 3.52. The van der Waals surface area contributed by atoms with Gasteiger partial charge in [-0.25, -0.2) is 0 Å². The fourth-order valence-electron chi connectivity index (χ4n) is 0.902. The van der Waals surface area contributed by atoms with E-state index in [2.05, 4.69) is 6.58 Å². The van der Waals surface area contributed by atoms with Crippen molar-refractivity contribution in [3.63, 3.8) is 0 Å². The lowest BCUT2D eigenvalue weighted by Gasteiger charge is -2.28. The highest BCUT2D eigenvalue weighted by Gasteiger charge is 2.14. The summed E-state index contributed by atoms with van der Waals surface area (Å²) in [6, 6.07) is 1.99. The predicted molar refractivity (Wildman–Crippen MR) is 43.7 cm³/mol. The van der Waals surface area contributed by atoms with E-state index < -0.39 is 0 Å². The van der Waals surface area contributed by atoms with Crippen molar-refractivity contribution in [3.05, 3.63) is 12.2 Å². The van der Waals surface area contributed by atoms with Crippen molar-refractivity contribution in [3.8, 4) is 6.07 Å². The van der Waals surface area contributed by atoms with Crippen LogP contribution in [0.1, 0.15) is 0 Å². The molecule has 0 aromatic rings. The molecule has 0 atom stereocenters. The minimum absolute atomic E-state index is 0. The fourth-order valence-corrected chi connectivity index (χ4v) is 0.902. The molecular weight excluding hydrogens is 220 g/mol. The van der Waals surface area contributed by atoms with Crippen LogP contribution in [-0.2, 0) is 0 Å². The van der Waals surface area contributed by atoms with E-state index >= 15 is 0 Å². The van der Waals surface area contributed by atoms with E-state index in [9.17, 15) is 0 Å². The van der Waals surface area contributed by atoms with Crippen molar-refractivity contribution < 1.29 is 26.6 Å². The van der Waals surface area contributed by atoms with E-state index in [1.54, 1.807) is 0 Å². The highest BCUT2D eigenvalue weighted by atomic mass is 79.9. The number of halogens is 1. The molecule has 4 heteroatoms. The van der Waals surface area contributed by atoms with Crippen LogP contribution in [0, 0.1) is 11.3 Å². The lowest BCUT2D eigenvalue weighted by atomic mass is 10.3. The Hall–Kier alpha value is -0.370. The quantitative estimate of drug-likeness (QED) is 0.421. The highest BCUT2D eigenvalue weighted by Crippen LogP contribution is 2.00. The Labute approximate surface area is 84.3 Å². The number of rotatable bonds is 4. The standard InChI is InChI=1S/C8H15N2O.BrH/c1-8(6-9)7-10(2,3)4-5-11;/h11H,1,4-5,7H2,2-3H3;1H/q+1;/p-1. The molecule has 0 aliphatic carbocycles. The zero-order chi connectivity index (χ0) is 8.91. The van der Waals surface area contributed by atoms with Crippen molar-refractivity contribution in [1.82, 2.24) is 0 Å². The molecule has 12 heavy (non-hydrogen) atoms. The van der Waals surface area contributed by atoms with E-state index in [1.165, 1.54) is 0 Å². The molecule has 0 heterocycles. The van der Waals surface area contributed by atoms with Crippen molar-refractivity contribution in [1.29, 1.82) is 5.26 Å². The molecule has 0 radical (unpaired) electrons. The van der Waals surface area contributed by atoms with Gasteiger partial charge in [-0.1, -0.05) is 6.58 Å². The van der Waals surface area contributed by atoms with Crippen LogP contribution in [0.15, 0.2) is 12.2 Å². The maximum absolute atomic E-state index is 8.66. The van der Waals surface area contributed by atoms with Gasteiger partial charge in [-0.15, -0.1) is 0 Å². The normalized spacial score (nSPS) is 9.83. The Morgan fingerprint density at radius 3 is 2.42 bits per heavy atom. The molecule has 0 spiro atoms. The Morgan fingerprint density at radius 2 is 2.08 bits per heavy atom. The fraction of sp³-hybridized carbons (Fsp3) is 0.625. The average molecular weight is 235 g/mol. The van der Waals surface area contributed by atoms with E-state index in [0.717, 1.165) is 0 Å². The molecule has 0 bridgehead atoms. The molecule has 0 aliphatic rings. The summed E-state index contributed by atoms with van der Waals surface area (Å²) in [5, 5.41) is 17.1. The van der Waals surface area contributed by atoms with Gasteiger partial charge in [0.05, 0.1) is 32.3 Å². The second kappa shape index (κ2) is 6.18. The molecule has 0 amide bonds. The molecule has 0 unspecified atom stereocenters. The van der Waals surface area contributed by atoms with Crippen LogP contribution in [0.2, 0.25) is 0 Å². The summed E-state index contributed by atoms with van der Waals surface area (Å²) in [6.07, 6.45) is 0. The molecule has 0 aliphatic heterocycles. The van der Waals surface area contributed by atoms with Crippen molar-refractivity contribution in [2.45, 2.75) is 0 Å². The van der Waals surface area contributed by atoms with Gasteiger partial charge in [0.25, 0.3) is 0 Å². The summed E-state index contributed by atoms with van der Waals surface area (Å²) in [4.78, 5) is 0. The smallest absolute Gasteiger partial charge is 0.113 e. The summed E-state index contributed by atoms with van der Waals surface area (Å²) in [7, 11) is 3.91. The van der Waals surface area contributed by atoms with Crippen LogP contribution in [0.25, 0.3) is 0 Å². The third-order valence-corrected chi connectivity index (χ3v) is 1.48. The van der Waals surface area contributed by atoms with Crippen LogP contribution in [-0.4, -0.2) is 43.4 Å². The van der Waals surface area contributed by atoms with Crippen LogP contribution in [0.5, 0.6) is 0 Å². The van der Waals surface area contributed by atoms with E-state index in [0.29, 0.717) is 23.1 Å². The van der Waals surface area contributed by atoms with Crippen LogP contribution < -0.4 is 17.0 Å². The van der Waals surface area contributed by atoms with Gasteiger partial charge in [0.2, 0.25) is 0 Å². The number of aliphatic hydroxyl groups is 1. The van der Waals surface area contributed by atoms with E-state index in [4.69, 9.17) is 10.4 Å². The van der Waals surface area contributed by atoms with Crippen LogP contribution in [0.3, 0.4) is 0 Å². The topological polar surface area (TPSA) is 44.0 Å². The second-order valence-corrected chi connectivity index (χ2v) is 3.26. The Balaban J connectivity index is 0. The summed E-state index contributed by atoms with van der Waals surface area (Å²) in [6.45, 7) is 4.99. The molecule has 70 valence electrons. The van der Waals surface area contributed by atoms with Crippen molar-refractivity contribution >= 4 is 0 Å². The molecular formula is C8H15BrN2O. The summed E-state index contributed by atoms with van der Waals surface area (Å²) >= 11 is 0. The molecule has 3 nitrogen and oxygen atoms in total. The van der Waals surface area contributed by atoms with Gasteiger partial charge >= 0.3 is 0 Å². The van der Waals surface area contributed by atoms with Gasteiger partial charge in [-0.05, 0) is 0 Å². The van der Waals surface area contributed by atoms with Crippen LogP contribution >= 0.6 is 0 Å². The maximum atomic E-state index is 8.66. The maximum Gasteiger partial charge on any atom is 0.113 e. The third kappa shape index (κ3) is 6.35. The number of aliphatic hydroxyl groups excluding tert-OH is 1. The lowest BCUT2D eigenvalue weighted by Crippen LogP contribution is -3.00. The third-order valence-electron chi connectivity index (χ3n) is 1.48. The number of likely N-dealkylation sites (N-methyl/N-ethyl adjacent to an activating group) is 1. The average Bonchev–Trinajstić information content (AvgIpc) is 1.86. The zero-order valence-electron chi connectivity index (χ0n) is 7.55. The molecule has 0 saturated heterocycles. The molecule has 0 aromatic heterocycles. The Morgan fingerprint density at radius 1 is 1.58 bits per heavy atom. The summed E-state index contributed by atoms with van der Waals surface area (Å²) in [5.41, 5.74) is 0.559. The summed E-state index contributed by atoms with van der Waals surface area (Å²) in [5.74, 6) is 0. The number of hydrogen-bond donors (Lipinski definition) is 1. The van der Waals surface area contributed by atoms with Crippen LogP contribution in [0.4, 0.5) is 0 Å². The SMILES string of the molecule is C=C(C#N)C[N+](C)(C)CCO.[Br-]. The lowest BCUT2D eigenvalue weighted by molar-refractivity contribution is -0.885. The van der Waals surface area contributed by atoms with Gasteiger partial charge in [0.1, 0.15) is 13.1 Å². The molecule has 1 N–H and O–H groups in total. The van der Waals surface area contributed by atoms with Crippen molar-refractivity contribution in [2.24, 2.45) is 0 Å². The number of quaternary nitrogens is 1.